The molecule has 0 aliphatic carbocycles. The average molecular weight is 286 g/mol. The Bertz CT molecular complexity index is 326. The van der Waals surface area contributed by atoms with Crippen LogP contribution in [0.4, 0.5) is 4.39 Å². The standard InChI is InChI=1S/C13H17BrFN/c14-12-7-11(8-13(15)9-12)10-16-5-3-1-2-4-6-16/h7-9H,1-6,10H2. The van der Waals surface area contributed by atoms with E-state index in [1.54, 1.807) is 6.07 Å². The van der Waals surface area contributed by atoms with Gasteiger partial charge in [-0.15, -0.1) is 0 Å². The monoisotopic (exact) mass is 285 g/mol. The van der Waals surface area contributed by atoms with Crippen LogP contribution in [0.3, 0.4) is 0 Å². The van der Waals surface area contributed by atoms with E-state index in [-0.39, 0.29) is 5.82 Å². The highest BCUT2D eigenvalue weighted by molar-refractivity contribution is 9.10. The fraction of sp³-hybridized carbons (Fsp3) is 0.538. The Morgan fingerprint density at radius 3 is 2.38 bits per heavy atom. The Kier molecular flexibility index (Phi) is 4.36. The van der Waals surface area contributed by atoms with Crippen LogP contribution >= 0.6 is 15.9 Å². The molecule has 0 N–H and O–H groups in total. The van der Waals surface area contributed by atoms with Crippen molar-refractivity contribution in [3.63, 3.8) is 0 Å². The van der Waals surface area contributed by atoms with E-state index in [0.717, 1.165) is 29.7 Å². The quantitative estimate of drug-likeness (QED) is 0.795. The first-order valence-electron chi connectivity index (χ1n) is 5.91. The van der Waals surface area contributed by atoms with Crippen LogP contribution in [0.1, 0.15) is 31.2 Å². The van der Waals surface area contributed by atoms with Crippen molar-refractivity contribution >= 4 is 15.9 Å². The highest BCUT2D eigenvalue weighted by Crippen LogP contribution is 2.18. The summed E-state index contributed by atoms with van der Waals surface area (Å²) < 4.78 is 14.0. The van der Waals surface area contributed by atoms with Crippen molar-refractivity contribution in [1.82, 2.24) is 4.90 Å². The van der Waals surface area contributed by atoms with E-state index in [0.29, 0.717) is 0 Å². The second kappa shape index (κ2) is 5.78. The van der Waals surface area contributed by atoms with Gasteiger partial charge in [-0.3, -0.25) is 4.90 Å². The molecule has 2 rings (SSSR count). The summed E-state index contributed by atoms with van der Waals surface area (Å²) >= 11 is 3.33. The predicted molar refractivity (Wildman–Crippen MR) is 67.8 cm³/mol. The minimum atomic E-state index is -0.154. The number of rotatable bonds is 2. The molecule has 0 radical (unpaired) electrons. The minimum Gasteiger partial charge on any atom is -0.299 e. The van der Waals surface area contributed by atoms with Crippen LogP contribution in [-0.2, 0) is 6.54 Å². The van der Waals surface area contributed by atoms with E-state index < -0.39 is 0 Å². The topological polar surface area (TPSA) is 3.24 Å². The van der Waals surface area contributed by atoms with Gasteiger partial charge >= 0.3 is 0 Å². The number of nitrogens with zero attached hydrogens (tertiary/aromatic N) is 1. The molecule has 0 unspecified atom stereocenters. The first-order chi connectivity index (χ1) is 7.74. The van der Waals surface area contributed by atoms with Gasteiger partial charge in [-0.1, -0.05) is 28.8 Å². The summed E-state index contributed by atoms with van der Waals surface area (Å²) in [6.07, 6.45) is 5.22. The van der Waals surface area contributed by atoms with Crippen LogP contribution in [0.15, 0.2) is 22.7 Å². The molecule has 0 bridgehead atoms. The molecule has 1 fully saturated rings. The second-order valence-electron chi connectivity index (χ2n) is 4.47. The lowest BCUT2D eigenvalue weighted by atomic mass is 10.2. The zero-order chi connectivity index (χ0) is 11.4. The van der Waals surface area contributed by atoms with Crippen molar-refractivity contribution in [3.05, 3.63) is 34.1 Å². The number of likely N-dealkylation sites (tertiary alicyclic amines) is 1. The Morgan fingerprint density at radius 2 is 1.75 bits per heavy atom. The maximum absolute atomic E-state index is 13.2. The molecule has 1 aliphatic heterocycles. The summed E-state index contributed by atoms with van der Waals surface area (Å²) in [5.74, 6) is -0.154. The van der Waals surface area contributed by atoms with Crippen molar-refractivity contribution in [2.75, 3.05) is 13.1 Å². The zero-order valence-corrected chi connectivity index (χ0v) is 11.0. The molecule has 1 aliphatic rings. The third-order valence-corrected chi connectivity index (χ3v) is 3.49. The normalized spacial score (nSPS) is 18.4. The molecule has 1 aromatic rings. The summed E-state index contributed by atoms with van der Waals surface area (Å²) in [7, 11) is 0. The fourth-order valence-corrected chi connectivity index (χ4v) is 2.77. The van der Waals surface area contributed by atoms with E-state index >= 15 is 0 Å². The van der Waals surface area contributed by atoms with Gasteiger partial charge in [0.25, 0.3) is 0 Å². The molecule has 0 amide bonds. The van der Waals surface area contributed by atoms with Gasteiger partial charge in [0.2, 0.25) is 0 Å². The second-order valence-corrected chi connectivity index (χ2v) is 5.38. The fourth-order valence-electron chi connectivity index (χ4n) is 2.25. The summed E-state index contributed by atoms with van der Waals surface area (Å²) in [5, 5.41) is 0. The molecule has 0 aromatic heterocycles. The largest absolute Gasteiger partial charge is 0.299 e. The molecule has 88 valence electrons. The molecular weight excluding hydrogens is 269 g/mol. The Morgan fingerprint density at radius 1 is 1.06 bits per heavy atom. The van der Waals surface area contributed by atoms with Gasteiger partial charge in [0.1, 0.15) is 5.82 Å². The molecular formula is C13H17BrFN. The maximum atomic E-state index is 13.2. The Balaban J connectivity index is 2.01. The van der Waals surface area contributed by atoms with Gasteiger partial charge < -0.3 is 0 Å². The summed E-state index contributed by atoms with van der Waals surface area (Å²) in [6, 6.07) is 5.15. The third-order valence-electron chi connectivity index (χ3n) is 3.03. The lowest BCUT2D eigenvalue weighted by Gasteiger charge is -2.19. The molecule has 1 aromatic carbocycles. The zero-order valence-electron chi connectivity index (χ0n) is 9.38. The van der Waals surface area contributed by atoms with E-state index in [2.05, 4.69) is 20.8 Å². The van der Waals surface area contributed by atoms with E-state index in [1.165, 1.54) is 31.7 Å². The molecule has 0 saturated carbocycles. The molecule has 3 heteroatoms. The van der Waals surface area contributed by atoms with Crippen LogP contribution < -0.4 is 0 Å². The number of hydrogen-bond acceptors (Lipinski definition) is 1. The van der Waals surface area contributed by atoms with Gasteiger partial charge in [0, 0.05) is 11.0 Å². The van der Waals surface area contributed by atoms with Crippen molar-refractivity contribution in [3.8, 4) is 0 Å². The van der Waals surface area contributed by atoms with Gasteiger partial charge in [-0.05, 0) is 49.7 Å². The van der Waals surface area contributed by atoms with Crippen molar-refractivity contribution in [2.24, 2.45) is 0 Å². The van der Waals surface area contributed by atoms with Crippen LogP contribution in [0.2, 0.25) is 0 Å². The number of halogens is 2. The van der Waals surface area contributed by atoms with E-state index in [9.17, 15) is 4.39 Å². The lowest BCUT2D eigenvalue weighted by Crippen LogP contribution is -2.23. The Hall–Kier alpha value is -0.410. The van der Waals surface area contributed by atoms with Gasteiger partial charge in [-0.2, -0.15) is 0 Å². The number of hydrogen-bond donors (Lipinski definition) is 0. The smallest absolute Gasteiger partial charge is 0.124 e. The van der Waals surface area contributed by atoms with Gasteiger partial charge in [-0.25, -0.2) is 4.39 Å². The van der Waals surface area contributed by atoms with Crippen molar-refractivity contribution in [1.29, 1.82) is 0 Å². The molecule has 1 saturated heterocycles. The molecule has 0 atom stereocenters. The highest BCUT2D eigenvalue weighted by atomic mass is 79.9. The SMILES string of the molecule is Fc1cc(Br)cc(CN2CCCCCC2)c1. The van der Waals surface area contributed by atoms with Crippen LogP contribution in [-0.4, -0.2) is 18.0 Å². The first kappa shape index (κ1) is 12.1. The molecule has 1 heterocycles. The van der Waals surface area contributed by atoms with Crippen molar-refractivity contribution < 1.29 is 4.39 Å². The van der Waals surface area contributed by atoms with Gasteiger partial charge in [0.15, 0.2) is 0 Å². The van der Waals surface area contributed by atoms with Crippen LogP contribution in [0, 0.1) is 5.82 Å². The Labute approximate surface area is 105 Å². The van der Waals surface area contributed by atoms with Gasteiger partial charge in [0.05, 0.1) is 0 Å². The number of benzene rings is 1. The summed E-state index contributed by atoms with van der Waals surface area (Å²) in [4.78, 5) is 2.42. The molecule has 0 spiro atoms. The minimum absolute atomic E-state index is 0.154. The van der Waals surface area contributed by atoms with Crippen LogP contribution in [0.5, 0.6) is 0 Å². The maximum Gasteiger partial charge on any atom is 0.124 e. The third kappa shape index (κ3) is 3.56. The average Bonchev–Trinajstić information content (AvgIpc) is 2.44. The van der Waals surface area contributed by atoms with E-state index in [1.807, 2.05) is 6.07 Å². The predicted octanol–water partition coefficient (Wildman–Crippen LogP) is 3.96. The molecule has 16 heavy (non-hydrogen) atoms. The summed E-state index contributed by atoms with van der Waals surface area (Å²) in [5.41, 5.74) is 1.06. The first-order valence-corrected chi connectivity index (χ1v) is 6.71. The van der Waals surface area contributed by atoms with Crippen molar-refractivity contribution in [2.45, 2.75) is 32.2 Å². The lowest BCUT2D eigenvalue weighted by molar-refractivity contribution is 0.276. The van der Waals surface area contributed by atoms with E-state index in [4.69, 9.17) is 0 Å². The van der Waals surface area contributed by atoms with Crippen LogP contribution in [0.25, 0.3) is 0 Å². The summed E-state index contributed by atoms with van der Waals surface area (Å²) in [6.45, 7) is 3.17. The highest BCUT2D eigenvalue weighted by Gasteiger charge is 2.10. The molecule has 1 nitrogen and oxygen atoms in total.